The maximum atomic E-state index is 5.61. The van der Waals surface area contributed by atoms with Crippen LogP contribution in [0.5, 0.6) is 0 Å². The summed E-state index contributed by atoms with van der Waals surface area (Å²) in [5.74, 6) is 0. The fourth-order valence-corrected chi connectivity index (χ4v) is 1.49. The van der Waals surface area contributed by atoms with E-state index in [0.717, 1.165) is 25.3 Å². The van der Waals surface area contributed by atoms with Crippen molar-refractivity contribution in [2.45, 2.75) is 20.3 Å². The second kappa shape index (κ2) is 6.25. The van der Waals surface area contributed by atoms with Gasteiger partial charge in [0.1, 0.15) is 0 Å². The molecule has 1 heterocycles. The summed E-state index contributed by atoms with van der Waals surface area (Å²) in [5.41, 5.74) is 9.06. The predicted molar refractivity (Wildman–Crippen MR) is 65.6 cm³/mol. The molecule has 2 rings (SSSR count). The Hall–Kier alpha value is -1.28. The highest BCUT2D eigenvalue weighted by molar-refractivity contribution is 5.67. The van der Waals surface area contributed by atoms with Crippen LogP contribution in [0.1, 0.15) is 25.8 Å². The van der Waals surface area contributed by atoms with Crippen LogP contribution in [0.25, 0.3) is 5.57 Å². The van der Waals surface area contributed by atoms with Crippen LogP contribution in [0.2, 0.25) is 0 Å². The summed E-state index contributed by atoms with van der Waals surface area (Å²) in [5, 5.41) is 0. The molecule has 1 aromatic carbocycles. The molecule has 0 bridgehead atoms. The molecule has 0 fully saturated rings. The molecule has 0 saturated heterocycles. The highest BCUT2D eigenvalue weighted by Crippen LogP contribution is 2.21. The van der Waals surface area contributed by atoms with E-state index in [1.54, 1.807) is 0 Å². The van der Waals surface area contributed by atoms with E-state index >= 15 is 0 Å². The van der Waals surface area contributed by atoms with Crippen molar-refractivity contribution in [2.75, 3.05) is 18.9 Å². The van der Waals surface area contributed by atoms with Gasteiger partial charge in [-0.25, -0.2) is 0 Å². The fourth-order valence-electron chi connectivity index (χ4n) is 1.49. The molecule has 1 aliphatic heterocycles. The first-order chi connectivity index (χ1) is 7.36. The van der Waals surface area contributed by atoms with Crippen LogP contribution in [-0.2, 0) is 4.74 Å². The Balaban J connectivity index is 0.000000531. The Morgan fingerprint density at radius 1 is 1.13 bits per heavy atom. The van der Waals surface area contributed by atoms with E-state index in [1.807, 2.05) is 26.0 Å². The van der Waals surface area contributed by atoms with Crippen LogP contribution < -0.4 is 5.73 Å². The second-order valence-electron chi connectivity index (χ2n) is 3.18. The molecule has 1 aliphatic rings. The lowest BCUT2D eigenvalue weighted by Gasteiger charge is -2.13. The maximum Gasteiger partial charge on any atom is 0.0653 e. The molecule has 82 valence electrons. The van der Waals surface area contributed by atoms with Crippen molar-refractivity contribution < 1.29 is 4.74 Å². The van der Waals surface area contributed by atoms with Gasteiger partial charge in [0, 0.05) is 5.69 Å². The molecule has 1 aromatic rings. The molecular formula is C13H19NO. The van der Waals surface area contributed by atoms with Crippen LogP contribution in [0.4, 0.5) is 5.69 Å². The molecule has 0 aromatic heterocycles. The number of hydrogen-bond donors (Lipinski definition) is 1. The molecule has 2 nitrogen and oxygen atoms in total. The minimum atomic E-state index is 0.736. The molecule has 0 amide bonds. The van der Waals surface area contributed by atoms with Gasteiger partial charge in [-0.15, -0.1) is 0 Å². The molecule has 0 radical (unpaired) electrons. The zero-order valence-electron chi connectivity index (χ0n) is 9.49. The van der Waals surface area contributed by atoms with E-state index in [0.29, 0.717) is 0 Å². The van der Waals surface area contributed by atoms with Crippen molar-refractivity contribution in [3.8, 4) is 0 Å². The van der Waals surface area contributed by atoms with Crippen LogP contribution in [0, 0.1) is 0 Å². The van der Waals surface area contributed by atoms with Gasteiger partial charge >= 0.3 is 0 Å². The van der Waals surface area contributed by atoms with Gasteiger partial charge < -0.3 is 10.5 Å². The van der Waals surface area contributed by atoms with E-state index in [9.17, 15) is 0 Å². The number of ether oxygens (including phenoxy) is 1. The molecular weight excluding hydrogens is 186 g/mol. The quantitative estimate of drug-likeness (QED) is 0.715. The lowest BCUT2D eigenvalue weighted by Crippen LogP contribution is -2.03. The summed E-state index contributed by atoms with van der Waals surface area (Å²) in [7, 11) is 0. The summed E-state index contributed by atoms with van der Waals surface area (Å²) in [6.07, 6.45) is 3.14. The van der Waals surface area contributed by atoms with Crippen LogP contribution >= 0.6 is 0 Å². The summed E-state index contributed by atoms with van der Waals surface area (Å²) in [6, 6.07) is 8.00. The van der Waals surface area contributed by atoms with Crippen LogP contribution in [0.15, 0.2) is 30.3 Å². The highest BCUT2D eigenvalue weighted by Gasteiger charge is 2.05. The van der Waals surface area contributed by atoms with E-state index in [1.165, 1.54) is 11.1 Å². The molecule has 15 heavy (non-hydrogen) atoms. The van der Waals surface area contributed by atoms with Gasteiger partial charge in [-0.2, -0.15) is 0 Å². The summed E-state index contributed by atoms with van der Waals surface area (Å²) in [6.45, 7) is 5.57. The zero-order chi connectivity index (χ0) is 11.1. The van der Waals surface area contributed by atoms with Gasteiger partial charge in [-0.3, -0.25) is 0 Å². The van der Waals surface area contributed by atoms with E-state index in [-0.39, 0.29) is 0 Å². The topological polar surface area (TPSA) is 35.2 Å². The predicted octanol–water partition coefficient (Wildman–Crippen LogP) is 3.10. The monoisotopic (exact) mass is 205 g/mol. The third kappa shape index (κ3) is 3.40. The maximum absolute atomic E-state index is 5.61. The van der Waals surface area contributed by atoms with Crippen LogP contribution in [-0.4, -0.2) is 13.2 Å². The van der Waals surface area contributed by atoms with Crippen molar-refractivity contribution in [2.24, 2.45) is 0 Å². The van der Waals surface area contributed by atoms with E-state index < -0.39 is 0 Å². The lowest BCUT2D eigenvalue weighted by molar-refractivity contribution is 0.161. The number of benzene rings is 1. The van der Waals surface area contributed by atoms with Gasteiger partial charge in [0.2, 0.25) is 0 Å². The van der Waals surface area contributed by atoms with Crippen molar-refractivity contribution >= 4 is 11.3 Å². The van der Waals surface area contributed by atoms with Crippen molar-refractivity contribution in [3.63, 3.8) is 0 Å². The summed E-state index contributed by atoms with van der Waals surface area (Å²) < 4.78 is 5.24. The molecule has 2 N–H and O–H groups in total. The molecule has 0 atom stereocenters. The van der Waals surface area contributed by atoms with E-state index in [2.05, 4.69) is 18.2 Å². The summed E-state index contributed by atoms with van der Waals surface area (Å²) in [4.78, 5) is 0. The Kier molecular flexibility index (Phi) is 4.91. The van der Waals surface area contributed by atoms with E-state index in [4.69, 9.17) is 10.5 Å². The molecule has 0 spiro atoms. The first kappa shape index (κ1) is 11.8. The molecule has 0 aliphatic carbocycles. The Morgan fingerprint density at radius 2 is 1.80 bits per heavy atom. The normalized spacial score (nSPS) is 14.9. The lowest BCUT2D eigenvalue weighted by atomic mass is 10.0. The smallest absolute Gasteiger partial charge is 0.0653 e. The average molecular weight is 205 g/mol. The fraction of sp³-hybridized carbons (Fsp3) is 0.385. The second-order valence-corrected chi connectivity index (χ2v) is 3.18. The average Bonchev–Trinajstić information content (AvgIpc) is 2.34. The van der Waals surface area contributed by atoms with Gasteiger partial charge in [0.05, 0.1) is 13.2 Å². The molecule has 2 heteroatoms. The van der Waals surface area contributed by atoms with Crippen molar-refractivity contribution in [1.29, 1.82) is 0 Å². The van der Waals surface area contributed by atoms with Crippen LogP contribution in [0.3, 0.4) is 0 Å². The first-order valence-electron chi connectivity index (χ1n) is 5.49. The van der Waals surface area contributed by atoms with Crippen molar-refractivity contribution in [3.05, 3.63) is 35.9 Å². The molecule has 0 saturated carbocycles. The van der Waals surface area contributed by atoms with Gasteiger partial charge in [0.15, 0.2) is 0 Å². The number of nitrogens with two attached hydrogens (primary N) is 1. The Labute approximate surface area is 91.7 Å². The SMILES string of the molecule is CC.Nc1ccc(C2=CCOCC2)cc1. The van der Waals surface area contributed by atoms with Gasteiger partial charge in [0.25, 0.3) is 0 Å². The van der Waals surface area contributed by atoms with Crippen molar-refractivity contribution in [1.82, 2.24) is 0 Å². The van der Waals surface area contributed by atoms with Gasteiger partial charge in [-0.05, 0) is 29.7 Å². The highest BCUT2D eigenvalue weighted by atomic mass is 16.5. The standard InChI is InChI=1S/C11H13NO.C2H6/c12-11-3-1-9(2-4-11)10-5-7-13-8-6-10;1-2/h1-5H,6-8,12H2;1-2H3. The minimum Gasteiger partial charge on any atom is -0.399 e. The number of rotatable bonds is 1. The number of nitrogen functional groups attached to an aromatic ring is 1. The largest absolute Gasteiger partial charge is 0.399 e. The Bertz CT molecular complexity index is 314. The summed E-state index contributed by atoms with van der Waals surface area (Å²) >= 11 is 0. The Morgan fingerprint density at radius 3 is 2.33 bits per heavy atom. The minimum absolute atomic E-state index is 0.736. The molecule has 0 unspecified atom stereocenters. The third-order valence-electron chi connectivity index (χ3n) is 2.24. The first-order valence-corrected chi connectivity index (χ1v) is 5.49. The number of hydrogen-bond acceptors (Lipinski definition) is 2. The number of anilines is 1. The zero-order valence-corrected chi connectivity index (χ0v) is 9.49. The van der Waals surface area contributed by atoms with Gasteiger partial charge in [-0.1, -0.05) is 32.1 Å². The third-order valence-corrected chi connectivity index (χ3v) is 2.24.